The number of esters is 1. The van der Waals surface area contributed by atoms with Crippen molar-refractivity contribution in [3.05, 3.63) is 60.4 Å². The van der Waals surface area contributed by atoms with Gasteiger partial charge in [0.15, 0.2) is 6.10 Å². The molecule has 0 bridgehead atoms. The third-order valence-electron chi connectivity index (χ3n) is 2.86. The first-order valence-electron chi connectivity index (χ1n) is 6.01. The van der Waals surface area contributed by atoms with Gasteiger partial charge in [-0.15, -0.1) is 0 Å². The molecule has 1 heterocycles. The molecule has 2 rings (SSSR count). The highest BCUT2D eigenvalue weighted by atomic mass is 16.5. The van der Waals surface area contributed by atoms with Crippen LogP contribution in [0.2, 0.25) is 0 Å². The fourth-order valence-electron chi connectivity index (χ4n) is 1.92. The summed E-state index contributed by atoms with van der Waals surface area (Å²) in [5.74, 6) is -0.346. The van der Waals surface area contributed by atoms with Crippen molar-refractivity contribution in [1.29, 1.82) is 0 Å². The van der Waals surface area contributed by atoms with Crippen LogP contribution in [0.5, 0.6) is 0 Å². The number of nitrogens with zero attached hydrogens (tertiary/aromatic N) is 2. The number of aromatic nitrogens is 2. The van der Waals surface area contributed by atoms with E-state index in [-0.39, 0.29) is 5.97 Å². The molecule has 0 aliphatic heterocycles. The second-order valence-electron chi connectivity index (χ2n) is 4.29. The lowest BCUT2D eigenvalue weighted by Crippen LogP contribution is -2.15. The van der Waals surface area contributed by atoms with E-state index in [2.05, 4.69) is 11.7 Å². The van der Waals surface area contributed by atoms with Gasteiger partial charge >= 0.3 is 5.97 Å². The summed E-state index contributed by atoms with van der Waals surface area (Å²) in [6, 6.07) is 9.56. The van der Waals surface area contributed by atoms with Crippen LogP contribution in [0.15, 0.2) is 49.3 Å². The SMILES string of the molecule is C=C(C(OC(C)=O)c1ccccc1C)n1cccn1. The van der Waals surface area contributed by atoms with Gasteiger partial charge in [-0.05, 0) is 18.6 Å². The van der Waals surface area contributed by atoms with Crippen molar-refractivity contribution in [2.75, 3.05) is 0 Å². The van der Waals surface area contributed by atoms with Crippen LogP contribution in [0.3, 0.4) is 0 Å². The number of aryl methyl sites for hydroxylation is 1. The van der Waals surface area contributed by atoms with E-state index in [9.17, 15) is 4.79 Å². The summed E-state index contributed by atoms with van der Waals surface area (Å²) >= 11 is 0. The molecule has 19 heavy (non-hydrogen) atoms. The Labute approximate surface area is 112 Å². The number of ether oxygens (including phenoxy) is 1. The topological polar surface area (TPSA) is 44.1 Å². The van der Waals surface area contributed by atoms with E-state index in [0.29, 0.717) is 5.70 Å². The molecule has 2 aromatic rings. The van der Waals surface area contributed by atoms with Gasteiger partial charge in [-0.3, -0.25) is 4.79 Å². The molecule has 1 aromatic heterocycles. The lowest BCUT2D eigenvalue weighted by Gasteiger charge is -2.21. The number of rotatable bonds is 4. The third-order valence-corrected chi connectivity index (χ3v) is 2.86. The normalized spacial score (nSPS) is 11.9. The fourth-order valence-corrected chi connectivity index (χ4v) is 1.92. The monoisotopic (exact) mass is 256 g/mol. The van der Waals surface area contributed by atoms with E-state index >= 15 is 0 Å². The molecular weight excluding hydrogens is 240 g/mol. The van der Waals surface area contributed by atoms with Gasteiger partial charge in [0, 0.05) is 24.9 Å². The number of carbonyl (C=O) groups is 1. The molecule has 0 saturated heterocycles. The summed E-state index contributed by atoms with van der Waals surface area (Å²) < 4.78 is 7.01. The maximum Gasteiger partial charge on any atom is 0.303 e. The van der Waals surface area contributed by atoms with Crippen LogP contribution in [0.4, 0.5) is 0 Å². The van der Waals surface area contributed by atoms with Crippen LogP contribution in [0.25, 0.3) is 5.70 Å². The average Bonchev–Trinajstić information content (AvgIpc) is 2.90. The molecular formula is C15H16N2O2. The summed E-state index contributed by atoms with van der Waals surface area (Å²) in [4.78, 5) is 11.3. The highest BCUT2D eigenvalue weighted by Gasteiger charge is 2.21. The number of hydrogen-bond acceptors (Lipinski definition) is 3. The second-order valence-corrected chi connectivity index (χ2v) is 4.29. The lowest BCUT2D eigenvalue weighted by atomic mass is 10.0. The van der Waals surface area contributed by atoms with Gasteiger partial charge < -0.3 is 4.74 Å². The Hall–Kier alpha value is -2.36. The molecule has 0 spiro atoms. The van der Waals surface area contributed by atoms with Crippen LogP contribution in [-0.2, 0) is 9.53 Å². The van der Waals surface area contributed by atoms with E-state index in [0.717, 1.165) is 11.1 Å². The van der Waals surface area contributed by atoms with Gasteiger partial charge in [0.1, 0.15) is 0 Å². The second kappa shape index (κ2) is 5.52. The largest absolute Gasteiger partial charge is 0.451 e. The highest BCUT2D eigenvalue weighted by molar-refractivity contribution is 5.68. The fraction of sp³-hybridized carbons (Fsp3) is 0.200. The lowest BCUT2D eigenvalue weighted by molar-refractivity contribution is -0.144. The molecule has 0 aliphatic carbocycles. The van der Waals surface area contributed by atoms with Crippen LogP contribution < -0.4 is 0 Å². The molecule has 98 valence electrons. The Morgan fingerprint density at radius 2 is 2.11 bits per heavy atom. The zero-order valence-corrected chi connectivity index (χ0v) is 11.0. The minimum Gasteiger partial charge on any atom is -0.451 e. The van der Waals surface area contributed by atoms with Gasteiger partial charge in [0.2, 0.25) is 0 Å². The van der Waals surface area contributed by atoms with Gasteiger partial charge in [-0.1, -0.05) is 30.8 Å². The van der Waals surface area contributed by atoms with E-state index in [1.54, 1.807) is 23.1 Å². The van der Waals surface area contributed by atoms with Crippen molar-refractivity contribution in [3.63, 3.8) is 0 Å². The number of benzene rings is 1. The van der Waals surface area contributed by atoms with Crippen LogP contribution in [-0.4, -0.2) is 15.7 Å². The predicted molar refractivity (Wildman–Crippen MR) is 73.2 cm³/mol. The molecule has 0 aliphatic rings. The van der Waals surface area contributed by atoms with Crippen molar-refractivity contribution in [2.45, 2.75) is 20.0 Å². The Bertz CT molecular complexity index is 588. The third kappa shape index (κ3) is 2.91. The summed E-state index contributed by atoms with van der Waals surface area (Å²) in [6.07, 6.45) is 2.91. The standard InChI is InChI=1S/C15H16N2O2/c1-11-7-4-5-8-14(11)15(19-13(3)18)12(2)17-10-6-9-16-17/h4-10,15H,2H2,1,3H3. The van der Waals surface area contributed by atoms with E-state index in [1.165, 1.54) is 6.92 Å². The van der Waals surface area contributed by atoms with Crippen LogP contribution >= 0.6 is 0 Å². The summed E-state index contributed by atoms with van der Waals surface area (Å²) in [5.41, 5.74) is 2.56. The molecule has 1 aromatic carbocycles. The first-order valence-corrected chi connectivity index (χ1v) is 6.01. The molecule has 0 amide bonds. The Morgan fingerprint density at radius 1 is 1.37 bits per heavy atom. The van der Waals surface area contributed by atoms with Crippen molar-refractivity contribution < 1.29 is 9.53 Å². The molecule has 4 nitrogen and oxygen atoms in total. The molecule has 0 saturated carbocycles. The minimum atomic E-state index is -0.529. The summed E-state index contributed by atoms with van der Waals surface area (Å²) in [7, 11) is 0. The zero-order valence-electron chi connectivity index (χ0n) is 11.0. The molecule has 0 radical (unpaired) electrons. The zero-order chi connectivity index (χ0) is 13.8. The van der Waals surface area contributed by atoms with Gasteiger partial charge in [0.25, 0.3) is 0 Å². The minimum absolute atomic E-state index is 0.346. The van der Waals surface area contributed by atoms with Crippen molar-refractivity contribution in [2.24, 2.45) is 0 Å². The smallest absolute Gasteiger partial charge is 0.303 e. The van der Waals surface area contributed by atoms with E-state index in [4.69, 9.17) is 4.74 Å². The van der Waals surface area contributed by atoms with Gasteiger partial charge in [0.05, 0.1) is 5.70 Å². The first-order chi connectivity index (χ1) is 9.09. The van der Waals surface area contributed by atoms with Crippen LogP contribution in [0, 0.1) is 6.92 Å². The maximum atomic E-state index is 11.3. The van der Waals surface area contributed by atoms with E-state index in [1.807, 2.05) is 31.2 Å². The van der Waals surface area contributed by atoms with E-state index < -0.39 is 6.10 Å². The highest BCUT2D eigenvalue weighted by Crippen LogP contribution is 2.29. The first kappa shape index (κ1) is 13.1. The maximum absolute atomic E-state index is 11.3. The average molecular weight is 256 g/mol. The summed E-state index contributed by atoms with van der Waals surface area (Å²) in [5, 5.41) is 4.13. The quantitative estimate of drug-likeness (QED) is 0.790. The molecule has 0 N–H and O–H groups in total. The van der Waals surface area contributed by atoms with Crippen molar-refractivity contribution in [1.82, 2.24) is 9.78 Å². The molecule has 4 heteroatoms. The number of hydrogen-bond donors (Lipinski definition) is 0. The van der Waals surface area contributed by atoms with Crippen LogP contribution in [0.1, 0.15) is 24.2 Å². The predicted octanol–water partition coefficient (Wildman–Crippen LogP) is 2.97. The molecule has 1 unspecified atom stereocenters. The Kier molecular flexibility index (Phi) is 3.80. The van der Waals surface area contributed by atoms with Crippen molar-refractivity contribution >= 4 is 11.7 Å². The summed E-state index contributed by atoms with van der Waals surface area (Å²) in [6.45, 7) is 7.36. The molecule has 1 atom stereocenters. The van der Waals surface area contributed by atoms with Gasteiger partial charge in [-0.2, -0.15) is 5.10 Å². The number of carbonyl (C=O) groups excluding carboxylic acids is 1. The Morgan fingerprint density at radius 3 is 2.68 bits per heavy atom. The van der Waals surface area contributed by atoms with Crippen molar-refractivity contribution in [3.8, 4) is 0 Å². The van der Waals surface area contributed by atoms with Gasteiger partial charge in [-0.25, -0.2) is 4.68 Å². The Balaban J connectivity index is 2.39. The molecule has 0 fully saturated rings.